The molecule has 0 saturated carbocycles. The van der Waals surface area contributed by atoms with Crippen LogP contribution in [0, 0.1) is 0 Å². The quantitative estimate of drug-likeness (QED) is 0.350. The van der Waals surface area contributed by atoms with E-state index < -0.39 is 0 Å². The van der Waals surface area contributed by atoms with E-state index in [-0.39, 0.29) is 22.6 Å². The van der Waals surface area contributed by atoms with Crippen molar-refractivity contribution < 1.29 is 9.59 Å². The van der Waals surface area contributed by atoms with Gasteiger partial charge in [0.05, 0.1) is 27.0 Å². The van der Waals surface area contributed by atoms with E-state index in [2.05, 4.69) is 10.6 Å². The second kappa shape index (κ2) is 10.4. The van der Waals surface area contributed by atoms with Gasteiger partial charge in [0.25, 0.3) is 5.91 Å². The van der Waals surface area contributed by atoms with Crippen LogP contribution in [0.4, 0.5) is 11.4 Å². The molecule has 154 valence electrons. The van der Waals surface area contributed by atoms with E-state index in [9.17, 15) is 9.59 Å². The molecule has 0 unspecified atom stereocenters. The average molecular weight is 500 g/mol. The first-order valence-electron chi connectivity index (χ1n) is 8.56. The monoisotopic (exact) mass is 498 g/mol. The molecule has 3 rings (SSSR count). The lowest BCUT2D eigenvalue weighted by atomic mass is 10.2. The predicted octanol–water partition coefficient (Wildman–Crippen LogP) is 7.28. The molecular weight excluding hydrogens is 486 g/mol. The number of halogens is 4. The zero-order chi connectivity index (χ0) is 21.7. The summed E-state index contributed by atoms with van der Waals surface area (Å²) in [5.74, 6) is -0.429. The van der Waals surface area contributed by atoms with Crippen molar-refractivity contribution >= 4 is 81.4 Å². The van der Waals surface area contributed by atoms with Crippen LogP contribution in [0.1, 0.15) is 10.4 Å². The van der Waals surface area contributed by atoms with Crippen molar-refractivity contribution in [2.75, 3.05) is 16.4 Å². The molecule has 0 aromatic heterocycles. The average Bonchev–Trinajstić information content (AvgIpc) is 2.69. The van der Waals surface area contributed by atoms with E-state index in [1.807, 2.05) is 6.07 Å². The molecule has 0 atom stereocenters. The highest BCUT2D eigenvalue weighted by atomic mass is 35.5. The Morgan fingerprint density at radius 3 is 2.30 bits per heavy atom. The molecule has 0 aliphatic rings. The molecule has 3 aromatic rings. The van der Waals surface area contributed by atoms with Crippen molar-refractivity contribution in [1.82, 2.24) is 0 Å². The van der Waals surface area contributed by atoms with Gasteiger partial charge in [-0.2, -0.15) is 0 Å². The number of nitrogens with one attached hydrogen (secondary N) is 2. The molecule has 0 fully saturated rings. The maximum Gasteiger partial charge on any atom is 0.257 e. The first-order valence-corrected chi connectivity index (χ1v) is 11.1. The Hall–Kier alpha value is -1.89. The number of thioether (sulfide) groups is 1. The lowest BCUT2D eigenvalue weighted by Gasteiger charge is -2.10. The number of amides is 2. The number of hydrogen-bond donors (Lipinski definition) is 2. The lowest BCUT2D eigenvalue weighted by molar-refractivity contribution is -0.113. The third-order valence-electron chi connectivity index (χ3n) is 3.84. The molecule has 0 spiro atoms. The summed E-state index contributed by atoms with van der Waals surface area (Å²) in [5.41, 5.74) is 1.35. The van der Waals surface area contributed by atoms with E-state index in [1.165, 1.54) is 17.8 Å². The summed E-state index contributed by atoms with van der Waals surface area (Å²) in [6, 6.07) is 16.7. The Bertz CT molecular complexity index is 1110. The van der Waals surface area contributed by atoms with Crippen molar-refractivity contribution in [3.8, 4) is 0 Å². The van der Waals surface area contributed by atoms with Crippen molar-refractivity contribution in [2.24, 2.45) is 0 Å². The number of carbonyl (C=O) groups is 2. The zero-order valence-electron chi connectivity index (χ0n) is 15.2. The Kier molecular flexibility index (Phi) is 7.92. The number of rotatable bonds is 6. The molecule has 0 heterocycles. The van der Waals surface area contributed by atoms with E-state index in [1.54, 1.807) is 48.5 Å². The first-order chi connectivity index (χ1) is 14.3. The van der Waals surface area contributed by atoms with Gasteiger partial charge in [0, 0.05) is 20.6 Å². The van der Waals surface area contributed by atoms with E-state index in [4.69, 9.17) is 46.4 Å². The van der Waals surface area contributed by atoms with Crippen LogP contribution in [-0.4, -0.2) is 17.6 Å². The maximum atomic E-state index is 12.5. The Morgan fingerprint density at radius 1 is 0.800 bits per heavy atom. The molecule has 2 amide bonds. The van der Waals surface area contributed by atoms with Crippen LogP contribution in [0.3, 0.4) is 0 Å². The molecule has 4 nitrogen and oxygen atoms in total. The minimum Gasteiger partial charge on any atom is -0.324 e. The van der Waals surface area contributed by atoms with Gasteiger partial charge in [-0.25, -0.2) is 0 Å². The molecule has 9 heteroatoms. The molecular formula is C21H14Cl4N2O2S. The van der Waals surface area contributed by atoms with Crippen LogP contribution in [-0.2, 0) is 4.79 Å². The summed E-state index contributed by atoms with van der Waals surface area (Å²) < 4.78 is 0. The number of anilines is 2. The smallest absolute Gasteiger partial charge is 0.257 e. The van der Waals surface area contributed by atoms with Gasteiger partial charge in [0.15, 0.2) is 0 Å². The van der Waals surface area contributed by atoms with Gasteiger partial charge in [-0.3, -0.25) is 9.59 Å². The second-order valence-corrected chi connectivity index (χ2v) is 8.80. The Morgan fingerprint density at radius 2 is 1.53 bits per heavy atom. The van der Waals surface area contributed by atoms with Gasteiger partial charge >= 0.3 is 0 Å². The van der Waals surface area contributed by atoms with E-state index >= 15 is 0 Å². The van der Waals surface area contributed by atoms with E-state index in [0.717, 1.165) is 4.90 Å². The summed E-state index contributed by atoms with van der Waals surface area (Å²) in [7, 11) is 0. The van der Waals surface area contributed by atoms with Crippen molar-refractivity contribution in [3.05, 3.63) is 86.3 Å². The van der Waals surface area contributed by atoms with Crippen LogP contribution in [0.2, 0.25) is 20.1 Å². The highest BCUT2D eigenvalue weighted by Crippen LogP contribution is 2.27. The van der Waals surface area contributed by atoms with Crippen molar-refractivity contribution in [1.29, 1.82) is 0 Å². The minimum atomic E-state index is -0.354. The fourth-order valence-corrected chi connectivity index (χ4v) is 4.05. The third-order valence-corrected chi connectivity index (χ3v) is 5.95. The normalized spacial score (nSPS) is 10.5. The second-order valence-electron chi connectivity index (χ2n) is 6.07. The molecule has 30 heavy (non-hydrogen) atoms. The standard InChI is InChI=1S/C21H14Cl4N2O2S/c22-12-4-6-16(18(25)8-12)21(29)26-14-2-1-3-15(10-14)30-11-20(28)27-19-9-13(23)5-7-17(19)24/h1-10H,11H2,(H,26,29)(H,27,28). The van der Waals surface area contributed by atoms with Gasteiger partial charge in [0.1, 0.15) is 0 Å². The first kappa shape index (κ1) is 22.8. The van der Waals surface area contributed by atoms with Gasteiger partial charge in [-0.1, -0.05) is 52.5 Å². The summed E-state index contributed by atoms with van der Waals surface area (Å²) in [6.07, 6.45) is 0. The molecule has 0 bridgehead atoms. The van der Waals surface area contributed by atoms with Crippen molar-refractivity contribution in [3.63, 3.8) is 0 Å². The van der Waals surface area contributed by atoms with Gasteiger partial charge in [-0.05, 0) is 54.6 Å². The van der Waals surface area contributed by atoms with Gasteiger partial charge in [0.2, 0.25) is 5.91 Å². The zero-order valence-corrected chi connectivity index (χ0v) is 19.1. The molecule has 0 aliphatic carbocycles. The van der Waals surface area contributed by atoms with Crippen LogP contribution >= 0.6 is 58.2 Å². The molecule has 3 aromatic carbocycles. The molecule has 0 saturated heterocycles. The summed E-state index contributed by atoms with van der Waals surface area (Å²) in [6.45, 7) is 0. The van der Waals surface area contributed by atoms with Crippen LogP contribution in [0.5, 0.6) is 0 Å². The molecule has 0 aliphatic heterocycles. The summed E-state index contributed by atoms with van der Waals surface area (Å²) in [5, 5.41) is 7.12. The third kappa shape index (κ3) is 6.30. The minimum absolute atomic E-state index is 0.156. The van der Waals surface area contributed by atoms with Gasteiger partial charge in [-0.15, -0.1) is 11.8 Å². The van der Waals surface area contributed by atoms with E-state index in [0.29, 0.717) is 32.0 Å². The fraction of sp³-hybridized carbons (Fsp3) is 0.0476. The predicted molar refractivity (Wildman–Crippen MR) is 127 cm³/mol. The van der Waals surface area contributed by atoms with Gasteiger partial charge < -0.3 is 10.6 Å². The highest BCUT2D eigenvalue weighted by Gasteiger charge is 2.12. The van der Waals surface area contributed by atoms with Crippen molar-refractivity contribution in [2.45, 2.75) is 4.90 Å². The molecule has 2 N–H and O–H groups in total. The van der Waals surface area contributed by atoms with Crippen LogP contribution in [0.15, 0.2) is 65.6 Å². The SMILES string of the molecule is O=C(CSc1cccc(NC(=O)c2ccc(Cl)cc2Cl)c1)Nc1cc(Cl)ccc1Cl. The Balaban J connectivity index is 1.60. The fourth-order valence-electron chi connectivity index (χ4n) is 2.46. The maximum absolute atomic E-state index is 12.5. The largest absolute Gasteiger partial charge is 0.324 e. The number of hydrogen-bond acceptors (Lipinski definition) is 3. The highest BCUT2D eigenvalue weighted by molar-refractivity contribution is 8.00. The Labute approximate surface area is 197 Å². The van der Waals surface area contributed by atoms with Crippen LogP contribution < -0.4 is 10.6 Å². The topological polar surface area (TPSA) is 58.2 Å². The number of carbonyl (C=O) groups excluding carboxylic acids is 2. The molecule has 0 radical (unpaired) electrons. The summed E-state index contributed by atoms with van der Waals surface area (Å²) >= 11 is 25.3. The number of benzene rings is 3. The lowest BCUT2D eigenvalue weighted by Crippen LogP contribution is -2.14. The van der Waals surface area contributed by atoms with Crippen LogP contribution in [0.25, 0.3) is 0 Å². The summed E-state index contributed by atoms with van der Waals surface area (Å²) in [4.78, 5) is 25.5.